The molecule has 4 heteroatoms. The predicted octanol–water partition coefficient (Wildman–Crippen LogP) is 7.43. The molecule has 0 heterocycles. The summed E-state index contributed by atoms with van der Waals surface area (Å²) in [6.45, 7) is 19.5. The minimum absolute atomic E-state index is 0.259. The smallest absolute Gasteiger partial charge is 0.239 e. The summed E-state index contributed by atoms with van der Waals surface area (Å²) in [6.07, 6.45) is 5.09. The molecular formula is C25H45NO2S. The van der Waals surface area contributed by atoms with Crippen LogP contribution >= 0.6 is 0 Å². The Balaban J connectivity index is 3.06. The molecule has 1 unspecified atom stereocenters. The monoisotopic (exact) mass is 423 g/mol. The Labute approximate surface area is 181 Å². The van der Waals surface area contributed by atoms with Crippen LogP contribution in [-0.2, 0) is 16.4 Å². The first kappa shape index (κ1) is 26.0. The van der Waals surface area contributed by atoms with Crippen molar-refractivity contribution in [1.82, 2.24) is 0 Å². The zero-order valence-electron chi connectivity index (χ0n) is 20.4. The number of benzene rings is 1. The lowest BCUT2D eigenvalue weighted by Crippen LogP contribution is -2.53. The van der Waals surface area contributed by atoms with Crippen molar-refractivity contribution in [2.24, 2.45) is 16.7 Å². The van der Waals surface area contributed by atoms with Crippen LogP contribution in [0.15, 0.2) is 24.3 Å². The number of nitrogens with one attached hydrogen (secondary N) is 1. The molecule has 0 aliphatic heterocycles. The van der Waals surface area contributed by atoms with E-state index in [-0.39, 0.29) is 5.41 Å². The zero-order chi connectivity index (χ0) is 22.5. The first-order valence-electron chi connectivity index (χ1n) is 11.4. The number of anilines is 1. The van der Waals surface area contributed by atoms with Gasteiger partial charge in [0.1, 0.15) is 0 Å². The lowest BCUT2D eigenvalue weighted by Gasteiger charge is -2.46. The number of hydrogen-bond acceptors (Lipinski definition) is 2. The van der Waals surface area contributed by atoms with Crippen molar-refractivity contribution in [2.75, 3.05) is 4.72 Å². The summed E-state index contributed by atoms with van der Waals surface area (Å²) in [7, 11) is -3.53. The Bertz CT molecular complexity index is 721. The lowest BCUT2D eigenvalue weighted by atomic mass is 9.69. The average Bonchev–Trinajstić information content (AvgIpc) is 2.62. The van der Waals surface area contributed by atoms with Crippen LogP contribution in [0.4, 0.5) is 5.69 Å². The van der Waals surface area contributed by atoms with Crippen molar-refractivity contribution in [1.29, 1.82) is 0 Å². The summed E-state index contributed by atoms with van der Waals surface area (Å²) in [5, 5.41) is 0. The minimum Gasteiger partial charge on any atom is -0.283 e. The molecule has 168 valence electrons. The second-order valence-corrected chi connectivity index (χ2v) is 12.3. The molecule has 1 aromatic carbocycles. The largest absolute Gasteiger partial charge is 0.283 e. The molecule has 0 amide bonds. The molecule has 0 aromatic heterocycles. The van der Waals surface area contributed by atoms with Crippen LogP contribution in [-0.4, -0.2) is 13.2 Å². The second kappa shape index (κ2) is 9.85. The molecule has 0 fully saturated rings. The van der Waals surface area contributed by atoms with Gasteiger partial charge in [-0.1, -0.05) is 74.4 Å². The van der Waals surface area contributed by atoms with Crippen molar-refractivity contribution in [3.63, 3.8) is 0 Å². The van der Waals surface area contributed by atoms with Crippen molar-refractivity contribution < 1.29 is 8.42 Å². The number of rotatable bonds is 11. The van der Waals surface area contributed by atoms with E-state index >= 15 is 0 Å². The van der Waals surface area contributed by atoms with Gasteiger partial charge in [0.15, 0.2) is 0 Å². The normalized spacial score (nSPS) is 14.7. The van der Waals surface area contributed by atoms with Crippen molar-refractivity contribution in [2.45, 2.75) is 106 Å². The van der Waals surface area contributed by atoms with Crippen molar-refractivity contribution in [3.05, 3.63) is 29.8 Å². The maximum absolute atomic E-state index is 13.6. The standard InChI is InChI=1S/C25H45NO2S/c1-10-24(9,11-2)25(12-3,13-4)29(27,28)26-22-16-14-21(15-17-22)18-20(5)19-23(6,7)8/h14-17,20,26H,10-13,18-19H2,1-9H3. The number of sulfonamides is 1. The highest BCUT2D eigenvalue weighted by atomic mass is 32.2. The first-order valence-corrected chi connectivity index (χ1v) is 12.9. The second-order valence-electron chi connectivity index (χ2n) is 10.3. The molecular weight excluding hydrogens is 378 g/mol. The van der Waals surface area contributed by atoms with E-state index < -0.39 is 14.8 Å². The Hall–Kier alpha value is -1.03. The van der Waals surface area contributed by atoms with Crippen LogP contribution < -0.4 is 4.72 Å². The van der Waals surface area contributed by atoms with Crippen LogP contribution in [0.25, 0.3) is 0 Å². The molecule has 0 saturated heterocycles. The first-order chi connectivity index (χ1) is 13.3. The topological polar surface area (TPSA) is 46.2 Å². The van der Waals surface area contributed by atoms with E-state index in [0.717, 1.165) is 19.3 Å². The minimum atomic E-state index is -3.53. The van der Waals surface area contributed by atoms with E-state index in [9.17, 15) is 8.42 Å². The molecule has 0 aliphatic carbocycles. The molecule has 1 atom stereocenters. The molecule has 0 aliphatic rings. The third-order valence-corrected chi connectivity index (χ3v) is 9.67. The van der Waals surface area contributed by atoms with Gasteiger partial charge < -0.3 is 0 Å². The zero-order valence-corrected chi connectivity index (χ0v) is 21.2. The predicted molar refractivity (Wildman–Crippen MR) is 128 cm³/mol. The van der Waals surface area contributed by atoms with Gasteiger partial charge in [0.2, 0.25) is 10.0 Å². The van der Waals surface area contributed by atoms with Crippen LogP contribution in [0.3, 0.4) is 0 Å². The van der Waals surface area contributed by atoms with E-state index in [1.807, 2.05) is 26.0 Å². The van der Waals surface area contributed by atoms with Crippen LogP contribution in [0, 0.1) is 16.7 Å². The van der Waals surface area contributed by atoms with Crippen molar-refractivity contribution in [3.8, 4) is 0 Å². The molecule has 1 aromatic rings. The molecule has 0 radical (unpaired) electrons. The fourth-order valence-electron chi connectivity index (χ4n) is 5.18. The van der Waals surface area contributed by atoms with E-state index in [2.05, 4.69) is 65.3 Å². The highest BCUT2D eigenvalue weighted by molar-refractivity contribution is 7.94. The quantitative estimate of drug-likeness (QED) is 0.402. The Morgan fingerprint density at radius 1 is 0.862 bits per heavy atom. The van der Waals surface area contributed by atoms with Crippen molar-refractivity contribution >= 4 is 15.7 Å². The van der Waals surface area contributed by atoms with Gasteiger partial charge in [-0.25, -0.2) is 8.42 Å². The summed E-state index contributed by atoms with van der Waals surface area (Å²) in [6, 6.07) is 7.97. The molecule has 0 saturated carbocycles. The summed E-state index contributed by atoms with van der Waals surface area (Å²) in [5.74, 6) is 0.597. The Morgan fingerprint density at radius 2 is 1.34 bits per heavy atom. The Morgan fingerprint density at radius 3 is 1.72 bits per heavy atom. The van der Waals surface area contributed by atoms with Gasteiger partial charge in [0, 0.05) is 5.69 Å². The highest BCUT2D eigenvalue weighted by Gasteiger charge is 2.53. The maximum Gasteiger partial charge on any atom is 0.239 e. The molecule has 1 rings (SSSR count). The molecule has 0 spiro atoms. The molecule has 0 bridgehead atoms. The fourth-order valence-corrected chi connectivity index (χ4v) is 7.52. The molecule has 29 heavy (non-hydrogen) atoms. The van der Waals surface area contributed by atoms with E-state index in [0.29, 0.717) is 29.9 Å². The maximum atomic E-state index is 13.6. The van der Waals surface area contributed by atoms with E-state index in [4.69, 9.17) is 0 Å². The molecule has 3 nitrogen and oxygen atoms in total. The van der Waals surface area contributed by atoms with Gasteiger partial charge in [0.25, 0.3) is 0 Å². The average molecular weight is 424 g/mol. The van der Waals surface area contributed by atoms with Gasteiger partial charge >= 0.3 is 0 Å². The van der Waals surface area contributed by atoms with Crippen LogP contribution in [0.1, 0.15) is 100.0 Å². The third-order valence-electron chi connectivity index (χ3n) is 7.07. The van der Waals surface area contributed by atoms with Gasteiger partial charge in [-0.2, -0.15) is 0 Å². The van der Waals surface area contributed by atoms with E-state index in [1.165, 1.54) is 12.0 Å². The Kier molecular flexibility index (Phi) is 8.83. The van der Waals surface area contributed by atoms with Crippen LogP contribution in [0.2, 0.25) is 0 Å². The van der Waals surface area contributed by atoms with Gasteiger partial charge in [-0.15, -0.1) is 0 Å². The lowest BCUT2D eigenvalue weighted by molar-refractivity contribution is 0.180. The molecule has 1 N–H and O–H groups in total. The third kappa shape index (κ3) is 5.99. The van der Waals surface area contributed by atoms with Gasteiger partial charge in [0.05, 0.1) is 4.75 Å². The fraction of sp³-hybridized carbons (Fsp3) is 0.760. The van der Waals surface area contributed by atoms with Gasteiger partial charge in [-0.05, 0) is 73.0 Å². The summed E-state index contributed by atoms with van der Waals surface area (Å²) in [4.78, 5) is 0. The van der Waals surface area contributed by atoms with Gasteiger partial charge in [-0.3, -0.25) is 4.72 Å². The summed E-state index contributed by atoms with van der Waals surface area (Å²) >= 11 is 0. The van der Waals surface area contributed by atoms with Crippen LogP contribution in [0.5, 0.6) is 0 Å². The number of hydrogen-bond donors (Lipinski definition) is 1. The SMILES string of the molecule is CCC(C)(CC)C(CC)(CC)S(=O)(=O)Nc1ccc(CC(C)CC(C)(C)C)cc1. The summed E-state index contributed by atoms with van der Waals surface area (Å²) < 4.78 is 29.3. The van der Waals surface area contributed by atoms with E-state index in [1.54, 1.807) is 0 Å². The highest BCUT2D eigenvalue weighted by Crippen LogP contribution is 2.48. The summed E-state index contributed by atoms with van der Waals surface area (Å²) in [5.41, 5.74) is 1.99.